The number of rotatable bonds is 4. The Labute approximate surface area is 137 Å². The molecule has 0 saturated heterocycles. The Kier molecular flexibility index (Phi) is 4.12. The van der Waals surface area contributed by atoms with Gasteiger partial charge in [-0.1, -0.05) is 0 Å². The molecule has 0 aliphatic heterocycles. The second kappa shape index (κ2) is 6.40. The highest BCUT2D eigenvalue weighted by Gasteiger charge is 2.31. The fourth-order valence-electron chi connectivity index (χ4n) is 1.93. The second-order valence-electron chi connectivity index (χ2n) is 4.62. The summed E-state index contributed by atoms with van der Waals surface area (Å²) >= 11 is 0. The summed E-state index contributed by atoms with van der Waals surface area (Å²) in [6.45, 7) is 0. The lowest BCUT2D eigenvalue weighted by Gasteiger charge is -2.13. The van der Waals surface area contributed by atoms with Crippen LogP contribution in [0, 0.1) is 11.3 Å². The van der Waals surface area contributed by atoms with Crippen LogP contribution >= 0.6 is 0 Å². The van der Waals surface area contributed by atoms with E-state index >= 15 is 0 Å². The third-order valence-electron chi connectivity index (χ3n) is 3.07. The van der Waals surface area contributed by atoms with Gasteiger partial charge in [-0.3, -0.25) is 0 Å². The molecule has 0 spiro atoms. The van der Waals surface area contributed by atoms with Crippen molar-refractivity contribution in [3.63, 3.8) is 0 Å². The van der Waals surface area contributed by atoms with Crippen LogP contribution in [0.1, 0.15) is 11.4 Å². The van der Waals surface area contributed by atoms with Crippen molar-refractivity contribution in [2.45, 2.75) is 6.18 Å². The molecular formula is C13H8F3N9. The zero-order valence-corrected chi connectivity index (χ0v) is 12.2. The fraction of sp³-hybridized carbons (Fsp3) is 0.0769. The van der Waals surface area contributed by atoms with E-state index in [2.05, 4.69) is 36.0 Å². The number of allylic oxidation sites excluding steroid dienone is 1. The van der Waals surface area contributed by atoms with Gasteiger partial charge in [0, 0.05) is 6.20 Å². The van der Waals surface area contributed by atoms with Crippen LogP contribution in [0.5, 0.6) is 0 Å². The molecule has 0 atom stereocenters. The summed E-state index contributed by atoms with van der Waals surface area (Å²) in [5.41, 5.74) is -0.496. The lowest BCUT2D eigenvalue weighted by Crippen LogP contribution is -2.08. The zero-order chi connectivity index (χ0) is 17.9. The highest BCUT2D eigenvalue weighted by atomic mass is 19.4. The van der Waals surface area contributed by atoms with Crippen LogP contribution in [0.15, 0.2) is 37.1 Å². The number of nitriles is 1. The van der Waals surface area contributed by atoms with Gasteiger partial charge in [0.1, 0.15) is 24.3 Å². The molecule has 3 aromatic rings. The Balaban J connectivity index is 2.02. The number of aromatic nitrogens is 7. The first kappa shape index (κ1) is 16.1. The van der Waals surface area contributed by atoms with Gasteiger partial charge >= 0.3 is 6.18 Å². The van der Waals surface area contributed by atoms with E-state index in [1.54, 1.807) is 0 Å². The van der Waals surface area contributed by atoms with Gasteiger partial charge in [-0.2, -0.15) is 28.7 Å². The van der Waals surface area contributed by atoms with Crippen LogP contribution in [0.25, 0.3) is 11.3 Å². The highest BCUT2D eigenvalue weighted by Crippen LogP contribution is 2.33. The number of tetrazole rings is 1. The summed E-state index contributed by atoms with van der Waals surface area (Å²) in [5, 5.41) is 28.5. The molecule has 1 aromatic carbocycles. The number of benzene rings is 1. The molecule has 2 N–H and O–H groups in total. The summed E-state index contributed by atoms with van der Waals surface area (Å²) in [7, 11) is 0. The standard InChI is InChI=1S/C13H8F3N9/c14-13(15,16)9-1-2-11(25-7-18-6-20-25)10(3-9)19-5-8(4-17)12-21-23-24-22-12/h1-3,5-7,19H,(H,21,22,23,24). The third kappa shape index (κ3) is 3.44. The molecule has 0 radical (unpaired) electrons. The number of H-pyrrole nitrogens is 1. The Bertz CT molecular complexity index is 921. The molecule has 0 bridgehead atoms. The van der Waals surface area contributed by atoms with Crippen LogP contribution in [-0.2, 0) is 6.18 Å². The van der Waals surface area contributed by atoms with Gasteiger partial charge < -0.3 is 5.32 Å². The van der Waals surface area contributed by atoms with Crippen LogP contribution in [-0.4, -0.2) is 35.4 Å². The predicted octanol–water partition coefficient (Wildman–Crippen LogP) is 1.78. The maximum absolute atomic E-state index is 13.0. The van der Waals surface area contributed by atoms with E-state index in [0.717, 1.165) is 12.1 Å². The molecule has 3 rings (SSSR count). The van der Waals surface area contributed by atoms with E-state index in [4.69, 9.17) is 5.26 Å². The minimum absolute atomic E-state index is 0.00396. The number of anilines is 1. The van der Waals surface area contributed by atoms with Crippen molar-refractivity contribution in [2.75, 3.05) is 5.32 Å². The Morgan fingerprint density at radius 2 is 2.20 bits per heavy atom. The van der Waals surface area contributed by atoms with Gasteiger partial charge in [0.05, 0.1) is 16.9 Å². The van der Waals surface area contributed by atoms with Crippen molar-refractivity contribution >= 4 is 11.3 Å². The minimum atomic E-state index is -4.52. The molecule has 0 unspecified atom stereocenters. The zero-order valence-electron chi connectivity index (χ0n) is 12.2. The maximum Gasteiger partial charge on any atom is 0.416 e. The van der Waals surface area contributed by atoms with Crippen molar-refractivity contribution in [2.24, 2.45) is 0 Å². The van der Waals surface area contributed by atoms with Crippen molar-refractivity contribution in [1.82, 2.24) is 35.4 Å². The van der Waals surface area contributed by atoms with Crippen molar-refractivity contribution < 1.29 is 13.2 Å². The van der Waals surface area contributed by atoms with E-state index in [1.165, 1.54) is 29.6 Å². The Morgan fingerprint density at radius 3 is 2.80 bits per heavy atom. The summed E-state index contributed by atoms with van der Waals surface area (Å²) in [4.78, 5) is 3.76. The van der Waals surface area contributed by atoms with E-state index in [0.29, 0.717) is 5.69 Å². The van der Waals surface area contributed by atoms with E-state index in [9.17, 15) is 13.2 Å². The lowest BCUT2D eigenvalue weighted by atomic mass is 10.1. The van der Waals surface area contributed by atoms with Gasteiger partial charge in [0.15, 0.2) is 0 Å². The molecule has 2 heterocycles. The molecule has 0 aliphatic carbocycles. The SMILES string of the molecule is N#CC(=CNc1cc(C(F)(F)F)ccc1-n1cncn1)c1nn[nH]n1. The summed E-state index contributed by atoms with van der Waals surface area (Å²) in [5.74, 6) is 0.00396. The number of nitrogens with one attached hydrogen (secondary N) is 2. The molecule has 2 aromatic heterocycles. The summed E-state index contributed by atoms with van der Waals surface area (Å²) in [6.07, 6.45) is -0.757. The first-order valence-corrected chi connectivity index (χ1v) is 6.66. The van der Waals surface area contributed by atoms with Crippen LogP contribution < -0.4 is 5.32 Å². The molecule has 9 nitrogen and oxygen atoms in total. The van der Waals surface area contributed by atoms with Gasteiger partial charge in [0.25, 0.3) is 0 Å². The average Bonchev–Trinajstić information content (AvgIpc) is 3.28. The minimum Gasteiger partial charge on any atom is -0.359 e. The monoisotopic (exact) mass is 347 g/mol. The topological polar surface area (TPSA) is 121 Å². The van der Waals surface area contributed by atoms with E-state index < -0.39 is 11.7 Å². The summed E-state index contributed by atoms with van der Waals surface area (Å²) in [6, 6.07) is 4.90. The number of aromatic amines is 1. The smallest absolute Gasteiger partial charge is 0.359 e. The first-order valence-electron chi connectivity index (χ1n) is 6.66. The summed E-state index contributed by atoms with van der Waals surface area (Å²) < 4.78 is 40.2. The van der Waals surface area contributed by atoms with Crippen LogP contribution in [0.2, 0.25) is 0 Å². The molecule has 25 heavy (non-hydrogen) atoms. The molecule has 0 aliphatic rings. The number of hydrogen-bond donors (Lipinski definition) is 2. The largest absolute Gasteiger partial charge is 0.416 e. The Morgan fingerprint density at radius 1 is 1.36 bits per heavy atom. The number of hydrogen-bond acceptors (Lipinski definition) is 7. The normalized spacial score (nSPS) is 12.0. The number of halogens is 3. The number of alkyl halides is 3. The van der Waals surface area contributed by atoms with Gasteiger partial charge in [0.2, 0.25) is 5.82 Å². The molecule has 12 heteroatoms. The molecular weight excluding hydrogens is 339 g/mol. The molecule has 0 saturated carbocycles. The van der Waals surface area contributed by atoms with E-state index in [1.807, 2.05) is 6.07 Å². The van der Waals surface area contributed by atoms with Crippen LogP contribution in [0.4, 0.5) is 18.9 Å². The maximum atomic E-state index is 13.0. The van der Waals surface area contributed by atoms with Crippen molar-refractivity contribution in [3.05, 3.63) is 48.4 Å². The highest BCUT2D eigenvalue weighted by molar-refractivity contribution is 5.75. The molecule has 0 amide bonds. The van der Waals surface area contributed by atoms with Crippen molar-refractivity contribution in [1.29, 1.82) is 5.26 Å². The van der Waals surface area contributed by atoms with Crippen LogP contribution in [0.3, 0.4) is 0 Å². The van der Waals surface area contributed by atoms with Gasteiger partial charge in [-0.05, 0) is 23.4 Å². The fourth-order valence-corrected chi connectivity index (χ4v) is 1.93. The number of nitrogens with zero attached hydrogens (tertiary/aromatic N) is 7. The quantitative estimate of drug-likeness (QED) is 0.690. The van der Waals surface area contributed by atoms with E-state index in [-0.39, 0.29) is 17.1 Å². The lowest BCUT2D eigenvalue weighted by molar-refractivity contribution is -0.137. The molecule has 0 fully saturated rings. The first-order chi connectivity index (χ1) is 12.0. The average molecular weight is 347 g/mol. The van der Waals surface area contributed by atoms with Gasteiger partial charge in [-0.15, -0.1) is 10.2 Å². The predicted molar refractivity (Wildman–Crippen MR) is 77.8 cm³/mol. The van der Waals surface area contributed by atoms with Gasteiger partial charge in [-0.25, -0.2) is 9.67 Å². The van der Waals surface area contributed by atoms with Crippen molar-refractivity contribution in [3.8, 4) is 11.8 Å². The Hall–Kier alpha value is -3.75. The third-order valence-corrected chi connectivity index (χ3v) is 3.07. The second-order valence-corrected chi connectivity index (χ2v) is 4.62. The molecule has 126 valence electrons.